The Morgan fingerprint density at radius 2 is 1.94 bits per heavy atom. The van der Waals surface area contributed by atoms with Gasteiger partial charge in [-0.3, -0.25) is 9.69 Å². The molecule has 1 saturated heterocycles. The number of anilines is 1. The molecule has 1 aliphatic heterocycles. The van der Waals surface area contributed by atoms with Crippen molar-refractivity contribution in [1.82, 2.24) is 24.8 Å². The first-order chi connectivity index (χ1) is 15.6. The number of nitrogens with zero attached hydrogens (tertiary/aromatic N) is 4. The van der Waals surface area contributed by atoms with Crippen molar-refractivity contribution >= 4 is 34.1 Å². The van der Waals surface area contributed by atoms with Gasteiger partial charge in [-0.05, 0) is 38.1 Å². The van der Waals surface area contributed by atoms with E-state index >= 15 is 0 Å². The van der Waals surface area contributed by atoms with Crippen LogP contribution >= 0.6 is 11.3 Å². The maximum Gasteiger partial charge on any atom is 0.259 e. The lowest BCUT2D eigenvalue weighted by molar-refractivity contribution is 0.0337. The summed E-state index contributed by atoms with van der Waals surface area (Å²) in [4.78, 5) is 33.6. The summed E-state index contributed by atoms with van der Waals surface area (Å²) in [5.74, 6) is 1.03. The van der Waals surface area contributed by atoms with Crippen molar-refractivity contribution in [2.24, 2.45) is 0 Å². The van der Waals surface area contributed by atoms with Crippen LogP contribution in [0.4, 0.5) is 5.82 Å². The van der Waals surface area contributed by atoms with Gasteiger partial charge in [0.15, 0.2) is 5.82 Å². The van der Waals surface area contributed by atoms with Gasteiger partial charge >= 0.3 is 0 Å². The van der Waals surface area contributed by atoms with E-state index in [-0.39, 0.29) is 5.91 Å². The zero-order valence-corrected chi connectivity index (χ0v) is 18.8. The Hall–Kier alpha value is -3.14. The molecule has 164 valence electrons. The van der Waals surface area contributed by atoms with Gasteiger partial charge in [0.25, 0.3) is 5.91 Å². The van der Waals surface area contributed by atoms with Gasteiger partial charge < -0.3 is 15.0 Å². The third kappa shape index (κ3) is 4.27. The summed E-state index contributed by atoms with van der Waals surface area (Å²) in [6.07, 6.45) is 0. The topological polar surface area (TPSA) is 96.0 Å². The second kappa shape index (κ2) is 8.78. The molecular weight excluding hydrogens is 424 g/mol. The number of morpholine rings is 1. The number of nitrogens with one attached hydrogen (secondary N) is 2. The fourth-order valence-electron chi connectivity index (χ4n) is 3.88. The standard InChI is InChI=1S/C23H24N6O2S/c1-14-21(32-15(2)24-14)22-26-18-7-4-6-17(20(18)28-22)23(30)27-19-8-3-5-16(25-19)13-29-9-11-31-12-10-29/h3-8H,9-13H2,1-2H3,(H,26,28)(H,25,27,30). The number of aromatic amines is 1. The number of thiazole rings is 1. The maximum atomic E-state index is 13.1. The number of amides is 1. The number of hydrogen-bond acceptors (Lipinski definition) is 7. The summed E-state index contributed by atoms with van der Waals surface area (Å²) >= 11 is 1.59. The molecule has 32 heavy (non-hydrogen) atoms. The van der Waals surface area contributed by atoms with Crippen molar-refractivity contribution < 1.29 is 9.53 Å². The lowest BCUT2D eigenvalue weighted by Crippen LogP contribution is -2.35. The molecule has 3 aromatic heterocycles. The Morgan fingerprint density at radius 1 is 1.12 bits per heavy atom. The molecule has 1 fully saturated rings. The number of fused-ring (bicyclic) bond motifs is 1. The van der Waals surface area contributed by atoms with E-state index in [1.54, 1.807) is 23.5 Å². The number of para-hydroxylation sites is 1. The largest absolute Gasteiger partial charge is 0.379 e. The van der Waals surface area contributed by atoms with Crippen LogP contribution in [0.1, 0.15) is 26.8 Å². The van der Waals surface area contributed by atoms with Crippen molar-refractivity contribution in [3.63, 3.8) is 0 Å². The van der Waals surface area contributed by atoms with Crippen LogP contribution in [0.3, 0.4) is 0 Å². The van der Waals surface area contributed by atoms with Crippen molar-refractivity contribution in [3.05, 3.63) is 58.4 Å². The lowest BCUT2D eigenvalue weighted by atomic mass is 10.1. The molecule has 1 amide bonds. The molecule has 0 spiro atoms. The average Bonchev–Trinajstić information content (AvgIpc) is 3.36. The van der Waals surface area contributed by atoms with Gasteiger partial charge in [0, 0.05) is 19.6 Å². The highest BCUT2D eigenvalue weighted by molar-refractivity contribution is 7.15. The fraction of sp³-hybridized carbons (Fsp3) is 0.304. The summed E-state index contributed by atoms with van der Waals surface area (Å²) in [5.41, 5.74) is 3.80. The molecule has 0 saturated carbocycles. The van der Waals surface area contributed by atoms with Gasteiger partial charge in [0.05, 0.1) is 45.6 Å². The van der Waals surface area contributed by atoms with Crippen LogP contribution in [0.25, 0.3) is 21.7 Å². The molecule has 1 aliphatic rings. The van der Waals surface area contributed by atoms with E-state index in [0.717, 1.165) is 65.5 Å². The number of imidazole rings is 1. The molecule has 0 radical (unpaired) electrons. The Morgan fingerprint density at radius 3 is 2.72 bits per heavy atom. The summed E-state index contributed by atoms with van der Waals surface area (Å²) in [6, 6.07) is 11.3. The Labute approximate surface area is 189 Å². The van der Waals surface area contributed by atoms with E-state index in [0.29, 0.717) is 16.9 Å². The third-order valence-electron chi connectivity index (χ3n) is 5.41. The number of pyridine rings is 1. The van der Waals surface area contributed by atoms with E-state index in [2.05, 4.69) is 25.2 Å². The number of rotatable bonds is 5. The predicted octanol–water partition coefficient (Wildman–Crippen LogP) is 3.78. The first kappa shape index (κ1) is 20.7. The normalized spacial score (nSPS) is 14.7. The smallest absolute Gasteiger partial charge is 0.259 e. The van der Waals surface area contributed by atoms with Crippen molar-refractivity contribution in [3.8, 4) is 10.7 Å². The average molecular weight is 449 g/mol. The van der Waals surface area contributed by atoms with E-state index in [1.165, 1.54) is 0 Å². The summed E-state index contributed by atoms with van der Waals surface area (Å²) in [7, 11) is 0. The molecular formula is C23H24N6O2S. The number of benzene rings is 1. The molecule has 9 heteroatoms. The molecule has 8 nitrogen and oxygen atoms in total. The van der Waals surface area contributed by atoms with Gasteiger partial charge in [0.1, 0.15) is 11.3 Å². The number of hydrogen-bond donors (Lipinski definition) is 2. The summed E-state index contributed by atoms with van der Waals surface area (Å²) in [6.45, 7) is 7.94. The lowest BCUT2D eigenvalue weighted by Gasteiger charge is -2.26. The number of carbonyl (C=O) groups excluding carboxylic acids is 1. The van der Waals surface area contributed by atoms with Crippen LogP contribution in [0, 0.1) is 13.8 Å². The van der Waals surface area contributed by atoms with Crippen LogP contribution in [0.2, 0.25) is 0 Å². The Kier molecular flexibility index (Phi) is 5.69. The fourth-order valence-corrected chi connectivity index (χ4v) is 4.75. The molecule has 2 N–H and O–H groups in total. The van der Waals surface area contributed by atoms with Gasteiger partial charge in [0.2, 0.25) is 0 Å². The quantitative estimate of drug-likeness (QED) is 0.482. The van der Waals surface area contributed by atoms with Crippen molar-refractivity contribution in [2.45, 2.75) is 20.4 Å². The second-order valence-corrected chi connectivity index (χ2v) is 8.99. The SMILES string of the molecule is Cc1nc(C)c(-c2nc3c(C(=O)Nc4cccc(CN5CCOCC5)n4)cccc3[nH]2)s1. The molecule has 4 heterocycles. The number of aromatic nitrogens is 4. The minimum atomic E-state index is -0.234. The van der Waals surface area contributed by atoms with Crippen LogP contribution < -0.4 is 5.32 Å². The van der Waals surface area contributed by atoms with E-state index in [9.17, 15) is 4.79 Å². The number of carbonyl (C=O) groups is 1. The highest BCUT2D eigenvalue weighted by atomic mass is 32.1. The van der Waals surface area contributed by atoms with E-state index < -0.39 is 0 Å². The van der Waals surface area contributed by atoms with Crippen molar-refractivity contribution in [2.75, 3.05) is 31.6 Å². The summed E-state index contributed by atoms with van der Waals surface area (Å²) in [5, 5.41) is 3.92. The highest BCUT2D eigenvalue weighted by Gasteiger charge is 2.18. The molecule has 1 aromatic carbocycles. The second-order valence-electron chi connectivity index (χ2n) is 7.79. The van der Waals surface area contributed by atoms with Gasteiger partial charge in [-0.15, -0.1) is 11.3 Å². The highest BCUT2D eigenvalue weighted by Crippen LogP contribution is 2.30. The van der Waals surface area contributed by atoms with E-state index in [1.807, 2.05) is 38.1 Å². The Balaban J connectivity index is 1.38. The van der Waals surface area contributed by atoms with Crippen LogP contribution in [-0.2, 0) is 11.3 Å². The zero-order chi connectivity index (χ0) is 22.1. The first-order valence-corrected chi connectivity index (χ1v) is 11.4. The zero-order valence-electron chi connectivity index (χ0n) is 18.0. The number of H-pyrrole nitrogens is 1. The molecule has 4 aromatic rings. The van der Waals surface area contributed by atoms with Gasteiger partial charge in [-0.2, -0.15) is 0 Å². The molecule has 0 bridgehead atoms. The van der Waals surface area contributed by atoms with Crippen LogP contribution in [0.15, 0.2) is 36.4 Å². The van der Waals surface area contributed by atoms with Crippen LogP contribution in [-0.4, -0.2) is 57.0 Å². The Bertz CT molecular complexity index is 1270. The molecule has 0 unspecified atom stereocenters. The van der Waals surface area contributed by atoms with E-state index in [4.69, 9.17) is 9.72 Å². The minimum Gasteiger partial charge on any atom is -0.379 e. The molecule has 0 aliphatic carbocycles. The molecule has 0 atom stereocenters. The summed E-state index contributed by atoms with van der Waals surface area (Å²) < 4.78 is 5.41. The van der Waals surface area contributed by atoms with Crippen molar-refractivity contribution in [1.29, 1.82) is 0 Å². The monoisotopic (exact) mass is 448 g/mol. The van der Waals surface area contributed by atoms with Gasteiger partial charge in [-0.1, -0.05) is 12.1 Å². The van der Waals surface area contributed by atoms with Crippen LogP contribution in [0.5, 0.6) is 0 Å². The van der Waals surface area contributed by atoms with Gasteiger partial charge in [-0.25, -0.2) is 15.0 Å². The first-order valence-electron chi connectivity index (χ1n) is 10.6. The minimum absolute atomic E-state index is 0.234. The number of ether oxygens (including phenoxy) is 1. The third-order valence-corrected chi connectivity index (χ3v) is 6.49. The predicted molar refractivity (Wildman–Crippen MR) is 125 cm³/mol. The number of aryl methyl sites for hydroxylation is 2. The maximum absolute atomic E-state index is 13.1. The molecule has 5 rings (SSSR count).